The lowest BCUT2D eigenvalue weighted by molar-refractivity contribution is -0.154. The number of aryl methyl sites for hydroxylation is 1. The van der Waals surface area contributed by atoms with Crippen LogP contribution in [0.4, 0.5) is 0 Å². The highest BCUT2D eigenvalue weighted by atomic mass is 16.5. The lowest BCUT2D eigenvalue weighted by Crippen LogP contribution is -2.49. The van der Waals surface area contributed by atoms with Gasteiger partial charge < -0.3 is 19.7 Å². The van der Waals surface area contributed by atoms with E-state index in [0.717, 1.165) is 11.1 Å². The van der Waals surface area contributed by atoms with Crippen LogP contribution in [0, 0.1) is 12.8 Å². The number of carbonyl (C=O) groups is 3. The quantitative estimate of drug-likeness (QED) is 0.595. The summed E-state index contributed by atoms with van der Waals surface area (Å²) >= 11 is 0. The average Bonchev–Trinajstić information content (AvgIpc) is 2.69. The first-order valence-electron chi connectivity index (χ1n) is 9.87. The molecule has 0 bridgehead atoms. The van der Waals surface area contributed by atoms with E-state index in [2.05, 4.69) is 5.32 Å². The van der Waals surface area contributed by atoms with Crippen molar-refractivity contribution in [3.63, 3.8) is 0 Å². The number of hydrogen-bond acceptors (Lipinski definition) is 5. The molecule has 7 nitrogen and oxygen atoms in total. The number of carbonyl (C=O) groups excluding carboxylic acids is 3. The average molecular weight is 390 g/mol. The van der Waals surface area contributed by atoms with Crippen molar-refractivity contribution in [2.75, 3.05) is 26.3 Å². The van der Waals surface area contributed by atoms with Gasteiger partial charge in [-0.2, -0.15) is 0 Å². The summed E-state index contributed by atoms with van der Waals surface area (Å²) in [7, 11) is 0. The minimum Gasteiger partial charge on any atom is -0.494 e. The fourth-order valence-corrected chi connectivity index (χ4v) is 3.39. The molecule has 0 aromatic heterocycles. The standard InChI is InChI=1S/C21H30N2O5/c1-5-27-18-10-9-14(3)12-17(18)15(4)22-19(24)20(25)23-11-7-8-16(13-23)21(26)28-6-2/h9-10,12,15-16H,5-8,11,13H2,1-4H3,(H,22,24). The molecule has 0 radical (unpaired) electrons. The molecule has 0 spiro atoms. The zero-order valence-electron chi connectivity index (χ0n) is 17.1. The van der Waals surface area contributed by atoms with Crippen molar-refractivity contribution in [2.24, 2.45) is 5.92 Å². The number of nitrogens with zero attached hydrogens (tertiary/aromatic N) is 1. The molecule has 0 aliphatic carbocycles. The molecule has 1 saturated heterocycles. The van der Waals surface area contributed by atoms with Crippen molar-refractivity contribution in [1.29, 1.82) is 0 Å². The van der Waals surface area contributed by atoms with E-state index >= 15 is 0 Å². The number of rotatable bonds is 6. The number of likely N-dealkylation sites (tertiary alicyclic amines) is 1. The number of esters is 1. The number of hydrogen-bond donors (Lipinski definition) is 1. The Hall–Kier alpha value is -2.57. The summed E-state index contributed by atoms with van der Waals surface area (Å²) in [5, 5.41) is 2.76. The molecular formula is C21H30N2O5. The molecule has 154 valence electrons. The first kappa shape index (κ1) is 21.7. The second-order valence-electron chi connectivity index (χ2n) is 7.01. The molecular weight excluding hydrogens is 360 g/mol. The molecule has 1 fully saturated rings. The van der Waals surface area contributed by atoms with E-state index < -0.39 is 11.8 Å². The molecule has 28 heavy (non-hydrogen) atoms. The van der Waals surface area contributed by atoms with Crippen molar-refractivity contribution in [1.82, 2.24) is 10.2 Å². The molecule has 1 aromatic rings. The van der Waals surface area contributed by atoms with Crippen molar-refractivity contribution < 1.29 is 23.9 Å². The van der Waals surface area contributed by atoms with Gasteiger partial charge in [0.15, 0.2) is 0 Å². The molecule has 2 rings (SSSR count). The topological polar surface area (TPSA) is 84.9 Å². The van der Waals surface area contributed by atoms with Crippen LogP contribution in [-0.4, -0.2) is 49.0 Å². The Morgan fingerprint density at radius 2 is 2.00 bits per heavy atom. The second-order valence-corrected chi connectivity index (χ2v) is 7.01. The van der Waals surface area contributed by atoms with Crippen LogP contribution in [0.5, 0.6) is 5.75 Å². The van der Waals surface area contributed by atoms with Crippen molar-refractivity contribution in [3.05, 3.63) is 29.3 Å². The normalized spacial score (nSPS) is 17.6. The van der Waals surface area contributed by atoms with E-state index in [1.165, 1.54) is 4.90 Å². The van der Waals surface area contributed by atoms with Gasteiger partial charge in [0.25, 0.3) is 0 Å². The summed E-state index contributed by atoms with van der Waals surface area (Å²) in [5.74, 6) is -1.29. The molecule has 1 aliphatic heterocycles. The third-order valence-electron chi connectivity index (χ3n) is 4.80. The van der Waals surface area contributed by atoms with E-state index in [-0.39, 0.29) is 24.5 Å². The summed E-state index contributed by atoms with van der Waals surface area (Å²) < 4.78 is 10.7. The van der Waals surface area contributed by atoms with Gasteiger partial charge in [0.2, 0.25) is 0 Å². The smallest absolute Gasteiger partial charge is 0.311 e. The number of nitrogens with one attached hydrogen (secondary N) is 1. The maximum atomic E-state index is 12.6. The van der Waals surface area contributed by atoms with Crippen molar-refractivity contribution in [2.45, 2.75) is 46.6 Å². The molecule has 1 aromatic carbocycles. The number of piperidine rings is 1. The number of benzene rings is 1. The van der Waals surface area contributed by atoms with Crippen LogP contribution in [0.1, 0.15) is 50.8 Å². The molecule has 1 aliphatic rings. The molecule has 1 heterocycles. The van der Waals surface area contributed by atoms with Gasteiger partial charge in [-0.3, -0.25) is 14.4 Å². The van der Waals surface area contributed by atoms with Gasteiger partial charge in [-0.1, -0.05) is 17.7 Å². The van der Waals surface area contributed by atoms with E-state index in [4.69, 9.17) is 9.47 Å². The molecule has 1 N–H and O–H groups in total. The van der Waals surface area contributed by atoms with Crippen LogP contribution < -0.4 is 10.1 Å². The number of ether oxygens (including phenoxy) is 2. The highest BCUT2D eigenvalue weighted by Gasteiger charge is 2.32. The van der Waals surface area contributed by atoms with Crippen LogP contribution in [-0.2, 0) is 19.1 Å². The van der Waals surface area contributed by atoms with Gasteiger partial charge in [0.1, 0.15) is 5.75 Å². The Morgan fingerprint density at radius 1 is 1.25 bits per heavy atom. The third kappa shape index (κ3) is 5.47. The predicted octanol–water partition coefficient (Wildman–Crippen LogP) is 2.37. The van der Waals surface area contributed by atoms with Crippen LogP contribution in [0.15, 0.2) is 18.2 Å². The van der Waals surface area contributed by atoms with Crippen molar-refractivity contribution in [3.8, 4) is 5.75 Å². The lowest BCUT2D eigenvalue weighted by atomic mass is 9.98. The molecule has 0 saturated carbocycles. The Bertz CT molecular complexity index is 719. The maximum Gasteiger partial charge on any atom is 0.311 e. The highest BCUT2D eigenvalue weighted by molar-refractivity contribution is 6.35. The first-order chi connectivity index (χ1) is 13.4. The summed E-state index contributed by atoms with van der Waals surface area (Å²) in [6.45, 7) is 8.92. The Morgan fingerprint density at radius 3 is 2.68 bits per heavy atom. The van der Waals surface area contributed by atoms with Gasteiger partial charge in [0, 0.05) is 18.7 Å². The molecule has 2 atom stereocenters. The third-order valence-corrected chi connectivity index (χ3v) is 4.80. The van der Waals surface area contributed by atoms with Crippen LogP contribution in [0.25, 0.3) is 0 Å². The van der Waals surface area contributed by atoms with Gasteiger partial charge in [-0.05, 0) is 46.6 Å². The fraction of sp³-hybridized carbons (Fsp3) is 0.571. The minimum atomic E-state index is -0.680. The van der Waals surface area contributed by atoms with Gasteiger partial charge in [-0.25, -0.2) is 0 Å². The monoisotopic (exact) mass is 390 g/mol. The molecule has 2 unspecified atom stereocenters. The number of amides is 2. The molecule has 7 heteroatoms. The zero-order chi connectivity index (χ0) is 20.7. The van der Waals surface area contributed by atoms with Gasteiger partial charge in [0.05, 0.1) is 25.2 Å². The Balaban J connectivity index is 2.03. The minimum absolute atomic E-state index is 0.216. The summed E-state index contributed by atoms with van der Waals surface area (Å²) in [6, 6.07) is 5.37. The second kappa shape index (κ2) is 10.1. The van der Waals surface area contributed by atoms with E-state index in [1.54, 1.807) is 6.92 Å². The molecule has 2 amide bonds. The predicted molar refractivity (Wildman–Crippen MR) is 105 cm³/mol. The first-order valence-corrected chi connectivity index (χ1v) is 9.87. The van der Waals surface area contributed by atoms with E-state index in [9.17, 15) is 14.4 Å². The Labute approximate surface area is 166 Å². The van der Waals surface area contributed by atoms with Gasteiger partial charge in [-0.15, -0.1) is 0 Å². The summed E-state index contributed by atoms with van der Waals surface area (Å²) in [5.41, 5.74) is 1.87. The van der Waals surface area contributed by atoms with Crippen molar-refractivity contribution >= 4 is 17.8 Å². The summed E-state index contributed by atoms with van der Waals surface area (Å²) in [6.07, 6.45) is 1.34. The maximum absolute atomic E-state index is 12.6. The highest BCUT2D eigenvalue weighted by Crippen LogP contribution is 2.26. The van der Waals surface area contributed by atoms with E-state index in [0.29, 0.717) is 38.3 Å². The lowest BCUT2D eigenvalue weighted by Gasteiger charge is -2.31. The van der Waals surface area contributed by atoms with Gasteiger partial charge >= 0.3 is 17.8 Å². The zero-order valence-corrected chi connectivity index (χ0v) is 17.1. The van der Waals surface area contributed by atoms with Crippen LogP contribution in [0.3, 0.4) is 0 Å². The van der Waals surface area contributed by atoms with E-state index in [1.807, 2.05) is 39.0 Å². The SMILES string of the molecule is CCOC(=O)C1CCCN(C(=O)C(=O)NC(C)c2cc(C)ccc2OCC)C1. The van der Waals surface area contributed by atoms with Crippen LogP contribution >= 0.6 is 0 Å². The fourth-order valence-electron chi connectivity index (χ4n) is 3.39. The largest absolute Gasteiger partial charge is 0.494 e. The summed E-state index contributed by atoms with van der Waals surface area (Å²) in [4.78, 5) is 38.5. The van der Waals surface area contributed by atoms with Crippen LogP contribution in [0.2, 0.25) is 0 Å². The Kier molecular flexibility index (Phi) is 7.84.